The summed E-state index contributed by atoms with van der Waals surface area (Å²) in [5.74, 6) is 2.86. The lowest BCUT2D eigenvalue weighted by atomic mass is 10.2. The minimum absolute atomic E-state index is 0. The molecule has 1 aromatic rings. The highest BCUT2D eigenvalue weighted by molar-refractivity contribution is 14.0. The topological polar surface area (TPSA) is 72.3 Å². The van der Waals surface area contributed by atoms with Crippen LogP contribution in [0.3, 0.4) is 0 Å². The van der Waals surface area contributed by atoms with Gasteiger partial charge < -0.3 is 15.2 Å². The zero-order valence-corrected chi connectivity index (χ0v) is 15.0. The van der Waals surface area contributed by atoms with Crippen LogP contribution in [0, 0.1) is 0 Å². The van der Waals surface area contributed by atoms with Crippen molar-refractivity contribution in [1.29, 1.82) is 0 Å². The number of aryl methyl sites for hydroxylation is 1. The summed E-state index contributed by atoms with van der Waals surface area (Å²) in [5.41, 5.74) is 5.99. The maximum Gasteiger partial charge on any atom is 0.191 e. The third kappa shape index (κ3) is 4.08. The summed E-state index contributed by atoms with van der Waals surface area (Å²) in [6.45, 7) is 1.75. The highest BCUT2D eigenvalue weighted by Crippen LogP contribution is 2.24. The van der Waals surface area contributed by atoms with Crippen molar-refractivity contribution in [1.82, 2.24) is 19.7 Å². The molecule has 21 heavy (non-hydrogen) atoms. The predicted molar refractivity (Wildman–Crippen MR) is 94.0 cm³/mol. The number of rotatable bonds is 4. The van der Waals surface area contributed by atoms with Crippen LogP contribution in [0.2, 0.25) is 0 Å². The van der Waals surface area contributed by atoms with Crippen LogP contribution in [0.25, 0.3) is 0 Å². The Morgan fingerprint density at radius 2 is 2.14 bits per heavy atom. The van der Waals surface area contributed by atoms with Gasteiger partial charge in [0.1, 0.15) is 11.6 Å². The van der Waals surface area contributed by atoms with E-state index in [4.69, 9.17) is 5.73 Å². The van der Waals surface area contributed by atoms with Crippen molar-refractivity contribution < 1.29 is 0 Å². The fourth-order valence-corrected chi connectivity index (χ4v) is 2.76. The molecule has 0 spiro atoms. The number of fused-ring (bicyclic) bond motifs is 1. The van der Waals surface area contributed by atoms with Gasteiger partial charge >= 0.3 is 0 Å². The predicted octanol–water partition coefficient (Wildman–Crippen LogP) is 1.57. The van der Waals surface area contributed by atoms with Crippen molar-refractivity contribution in [2.24, 2.45) is 10.7 Å². The third-order valence-corrected chi connectivity index (χ3v) is 4.25. The lowest BCUT2D eigenvalue weighted by Gasteiger charge is -2.16. The summed E-state index contributed by atoms with van der Waals surface area (Å²) in [4.78, 5) is 6.56. The van der Waals surface area contributed by atoms with Crippen LogP contribution in [-0.2, 0) is 19.4 Å². The van der Waals surface area contributed by atoms with Gasteiger partial charge in [0.25, 0.3) is 0 Å². The third-order valence-electron chi connectivity index (χ3n) is 4.25. The number of nitrogens with zero attached hydrogens (tertiary/aromatic N) is 5. The average Bonchev–Trinajstić information content (AvgIpc) is 3.25. The van der Waals surface area contributed by atoms with Gasteiger partial charge in [0.15, 0.2) is 5.96 Å². The summed E-state index contributed by atoms with van der Waals surface area (Å²) >= 11 is 0. The Morgan fingerprint density at radius 3 is 2.90 bits per heavy atom. The van der Waals surface area contributed by atoms with Crippen molar-refractivity contribution in [3.63, 3.8) is 0 Å². The summed E-state index contributed by atoms with van der Waals surface area (Å²) in [7, 11) is 2.03. The highest BCUT2D eigenvalue weighted by atomic mass is 127. The van der Waals surface area contributed by atoms with E-state index in [0.717, 1.165) is 31.0 Å². The number of hydrogen-bond donors (Lipinski definition) is 1. The fourth-order valence-electron chi connectivity index (χ4n) is 2.76. The molecule has 2 aliphatic rings. The molecule has 2 heterocycles. The second-order valence-electron chi connectivity index (χ2n) is 5.83. The minimum Gasteiger partial charge on any atom is -0.370 e. The minimum atomic E-state index is 0. The van der Waals surface area contributed by atoms with Crippen molar-refractivity contribution in [3.05, 3.63) is 11.6 Å². The largest absolute Gasteiger partial charge is 0.370 e. The Bertz CT molecular complexity index is 494. The molecule has 7 heteroatoms. The van der Waals surface area contributed by atoms with Gasteiger partial charge in [0, 0.05) is 39.0 Å². The first-order chi connectivity index (χ1) is 9.75. The van der Waals surface area contributed by atoms with E-state index >= 15 is 0 Å². The number of guanidine groups is 1. The lowest BCUT2D eigenvalue weighted by molar-refractivity contribution is 0.487. The van der Waals surface area contributed by atoms with Crippen molar-refractivity contribution >= 4 is 29.9 Å². The van der Waals surface area contributed by atoms with E-state index in [0.29, 0.717) is 18.5 Å². The number of aromatic nitrogens is 3. The normalized spacial score (nSPS) is 18.6. The highest BCUT2D eigenvalue weighted by Gasteiger charge is 2.27. The standard InChI is InChI=1S/C14H24N6.HI/c1-19(11-6-7-11)14(15)16-9-8-13-18-17-12-5-3-2-4-10-20(12)13;/h11H,2-10H2,1H3,(H2,15,16);1H. The quantitative estimate of drug-likeness (QED) is 0.470. The van der Waals surface area contributed by atoms with E-state index in [9.17, 15) is 0 Å². The molecule has 1 fully saturated rings. The Morgan fingerprint density at radius 1 is 1.33 bits per heavy atom. The van der Waals surface area contributed by atoms with Crippen LogP contribution < -0.4 is 5.73 Å². The summed E-state index contributed by atoms with van der Waals surface area (Å²) in [6.07, 6.45) is 8.12. The molecule has 0 amide bonds. The molecule has 1 saturated carbocycles. The van der Waals surface area contributed by atoms with Gasteiger partial charge in [-0.1, -0.05) is 6.42 Å². The molecule has 0 aromatic carbocycles. The van der Waals surface area contributed by atoms with Crippen molar-refractivity contribution in [3.8, 4) is 0 Å². The molecule has 1 aliphatic heterocycles. The lowest BCUT2D eigenvalue weighted by Crippen LogP contribution is -2.35. The molecule has 1 aromatic heterocycles. The molecule has 3 rings (SSSR count). The monoisotopic (exact) mass is 404 g/mol. The zero-order valence-electron chi connectivity index (χ0n) is 12.7. The van der Waals surface area contributed by atoms with Gasteiger partial charge in [0.2, 0.25) is 0 Å². The number of nitrogens with two attached hydrogens (primary N) is 1. The molecule has 0 radical (unpaired) electrons. The van der Waals surface area contributed by atoms with Gasteiger partial charge in [-0.05, 0) is 25.7 Å². The van der Waals surface area contributed by atoms with Gasteiger partial charge in [-0.3, -0.25) is 4.99 Å². The molecule has 0 unspecified atom stereocenters. The molecule has 0 atom stereocenters. The SMILES string of the molecule is CN(C(N)=NCCc1nnc2n1CCCCC2)C1CC1.I. The molecule has 2 N–H and O–H groups in total. The van der Waals surface area contributed by atoms with Crippen molar-refractivity contribution in [2.75, 3.05) is 13.6 Å². The smallest absolute Gasteiger partial charge is 0.191 e. The first-order valence-corrected chi connectivity index (χ1v) is 7.69. The molecule has 6 nitrogen and oxygen atoms in total. The maximum absolute atomic E-state index is 5.99. The van der Waals surface area contributed by atoms with Crippen LogP contribution in [0.1, 0.15) is 43.8 Å². The van der Waals surface area contributed by atoms with Gasteiger partial charge in [-0.25, -0.2) is 0 Å². The number of aliphatic imine (C=N–C) groups is 1. The van der Waals surface area contributed by atoms with Crippen LogP contribution in [0.5, 0.6) is 0 Å². The zero-order chi connectivity index (χ0) is 13.9. The molecular weight excluding hydrogens is 379 g/mol. The van der Waals surface area contributed by atoms with E-state index < -0.39 is 0 Å². The van der Waals surface area contributed by atoms with Crippen molar-refractivity contribution in [2.45, 2.75) is 57.5 Å². The average molecular weight is 404 g/mol. The number of halogens is 1. The number of hydrogen-bond acceptors (Lipinski definition) is 3. The molecule has 0 bridgehead atoms. The second kappa shape index (κ2) is 7.42. The molecular formula is C14H25IN6. The van der Waals surface area contributed by atoms with Crippen LogP contribution in [0.4, 0.5) is 0 Å². The van der Waals surface area contributed by atoms with Gasteiger partial charge in [-0.2, -0.15) is 0 Å². The summed E-state index contributed by atoms with van der Waals surface area (Å²) < 4.78 is 2.28. The van der Waals surface area contributed by atoms with Crippen LogP contribution in [-0.4, -0.2) is 45.3 Å². The van der Waals surface area contributed by atoms with E-state index in [1.54, 1.807) is 0 Å². The van der Waals surface area contributed by atoms with E-state index in [2.05, 4.69) is 24.7 Å². The molecule has 1 aliphatic carbocycles. The van der Waals surface area contributed by atoms with E-state index in [-0.39, 0.29) is 24.0 Å². The molecule has 0 saturated heterocycles. The first kappa shape index (κ1) is 16.5. The van der Waals surface area contributed by atoms with Crippen LogP contribution >= 0.6 is 24.0 Å². The Balaban J connectivity index is 0.00000161. The van der Waals surface area contributed by atoms with Crippen LogP contribution in [0.15, 0.2) is 4.99 Å². The Hall–Kier alpha value is -0.860. The fraction of sp³-hybridized carbons (Fsp3) is 0.786. The van der Waals surface area contributed by atoms with E-state index in [1.165, 1.54) is 32.1 Å². The Kier molecular flexibility index (Phi) is 5.83. The first-order valence-electron chi connectivity index (χ1n) is 7.69. The maximum atomic E-state index is 5.99. The summed E-state index contributed by atoms with van der Waals surface area (Å²) in [6, 6.07) is 0.614. The van der Waals surface area contributed by atoms with Gasteiger partial charge in [-0.15, -0.1) is 34.2 Å². The van der Waals surface area contributed by atoms with E-state index in [1.807, 2.05) is 7.05 Å². The second-order valence-corrected chi connectivity index (χ2v) is 5.83. The summed E-state index contributed by atoms with van der Waals surface area (Å²) in [5, 5.41) is 8.63. The Labute approximate surface area is 143 Å². The molecule has 118 valence electrons. The van der Waals surface area contributed by atoms with Gasteiger partial charge in [0.05, 0.1) is 0 Å².